The first-order valence-corrected chi connectivity index (χ1v) is 6.49. The van der Waals surface area contributed by atoms with Crippen LogP contribution in [0.4, 0.5) is 11.4 Å². The summed E-state index contributed by atoms with van der Waals surface area (Å²) >= 11 is 9.14. The Balaban J connectivity index is 2.28. The summed E-state index contributed by atoms with van der Waals surface area (Å²) in [5.41, 5.74) is 6.82. The molecule has 19 heavy (non-hydrogen) atoms. The maximum atomic E-state index is 12.1. The van der Waals surface area contributed by atoms with Crippen molar-refractivity contribution >= 4 is 44.8 Å². The van der Waals surface area contributed by atoms with Crippen molar-refractivity contribution < 1.29 is 9.90 Å². The van der Waals surface area contributed by atoms with Crippen LogP contribution < -0.4 is 11.1 Å². The average Bonchev–Trinajstić information content (AvgIpc) is 2.35. The highest BCUT2D eigenvalue weighted by molar-refractivity contribution is 9.10. The van der Waals surface area contributed by atoms with Crippen molar-refractivity contribution in [2.75, 3.05) is 11.1 Å². The maximum absolute atomic E-state index is 12.1. The predicted molar refractivity (Wildman–Crippen MR) is 79.6 cm³/mol. The largest absolute Gasteiger partial charge is 0.508 e. The van der Waals surface area contributed by atoms with Crippen LogP contribution >= 0.6 is 27.5 Å². The Labute approximate surface area is 123 Å². The van der Waals surface area contributed by atoms with Crippen LogP contribution in [-0.4, -0.2) is 11.0 Å². The number of anilines is 2. The number of phenolic OH excluding ortho intramolecular Hbond substituents is 1. The molecule has 0 saturated carbocycles. The highest BCUT2D eigenvalue weighted by atomic mass is 79.9. The number of rotatable bonds is 2. The molecule has 0 bridgehead atoms. The summed E-state index contributed by atoms with van der Waals surface area (Å²) in [4.78, 5) is 12.1. The minimum atomic E-state index is -0.341. The van der Waals surface area contributed by atoms with Gasteiger partial charge in [0, 0.05) is 15.6 Å². The van der Waals surface area contributed by atoms with Gasteiger partial charge >= 0.3 is 0 Å². The van der Waals surface area contributed by atoms with Crippen molar-refractivity contribution in [3.63, 3.8) is 0 Å². The third kappa shape index (κ3) is 3.19. The second-order valence-electron chi connectivity index (χ2n) is 3.85. The molecule has 2 aromatic carbocycles. The maximum Gasteiger partial charge on any atom is 0.256 e. The summed E-state index contributed by atoms with van der Waals surface area (Å²) in [6.45, 7) is 0. The average molecular weight is 342 g/mol. The van der Waals surface area contributed by atoms with Crippen molar-refractivity contribution in [3.8, 4) is 5.75 Å². The summed E-state index contributed by atoms with van der Waals surface area (Å²) in [7, 11) is 0. The Morgan fingerprint density at radius 1 is 1.26 bits per heavy atom. The van der Waals surface area contributed by atoms with E-state index in [1.165, 1.54) is 18.2 Å². The standard InChI is InChI=1S/C13H10BrClN2O2/c14-10-3-1-7(15)5-9(10)13(19)17-12-4-2-8(18)6-11(12)16/h1-6,18H,16H2,(H,17,19). The lowest BCUT2D eigenvalue weighted by Gasteiger charge is -2.09. The molecule has 0 aromatic heterocycles. The van der Waals surface area contributed by atoms with Gasteiger partial charge in [-0.1, -0.05) is 11.6 Å². The minimum absolute atomic E-state index is 0.0411. The number of carbonyl (C=O) groups is 1. The highest BCUT2D eigenvalue weighted by Crippen LogP contribution is 2.26. The molecule has 1 amide bonds. The summed E-state index contributed by atoms with van der Waals surface area (Å²) in [6, 6.07) is 9.26. The zero-order chi connectivity index (χ0) is 14.0. The number of nitrogen functional groups attached to an aromatic ring is 1. The number of carbonyl (C=O) groups excluding carboxylic acids is 1. The van der Waals surface area contributed by atoms with Crippen molar-refractivity contribution in [3.05, 3.63) is 51.5 Å². The van der Waals surface area contributed by atoms with Crippen molar-refractivity contribution in [2.45, 2.75) is 0 Å². The molecule has 0 aliphatic carbocycles. The Morgan fingerprint density at radius 2 is 2.00 bits per heavy atom. The summed E-state index contributed by atoms with van der Waals surface area (Å²) in [5.74, 6) is -0.300. The molecule has 0 aliphatic heterocycles. The Morgan fingerprint density at radius 3 is 2.68 bits per heavy atom. The molecule has 4 N–H and O–H groups in total. The Hall–Kier alpha value is -1.72. The first kappa shape index (κ1) is 13.7. The van der Waals surface area contributed by atoms with Gasteiger partial charge in [-0.2, -0.15) is 0 Å². The van der Waals surface area contributed by atoms with E-state index in [1.54, 1.807) is 18.2 Å². The lowest BCUT2D eigenvalue weighted by molar-refractivity contribution is 0.102. The SMILES string of the molecule is Nc1cc(O)ccc1NC(=O)c1cc(Cl)ccc1Br. The van der Waals surface area contributed by atoms with E-state index in [-0.39, 0.29) is 17.3 Å². The summed E-state index contributed by atoms with van der Waals surface area (Å²) in [6.07, 6.45) is 0. The van der Waals surface area contributed by atoms with Gasteiger partial charge in [-0.15, -0.1) is 0 Å². The van der Waals surface area contributed by atoms with E-state index in [1.807, 2.05) is 0 Å². The van der Waals surface area contributed by atoms with Crippen LogP contribution in [0, 0.1) is 0 Å². The van der Waals surface area contributed by atoms with Gasteiger partial charge in [-0.05, 0) is 46.3 Å². The first-order chi connectivity index (χ1) is 8.97. The fourth-order valence-electron chi connectivity index (χ4n) is 1.53. The molecule has 2 rings (SSSR count). The third-order valence-electron chi connectivity index (χ3n) is 2.46. The second-order valence-corrected chi connectivity index (χ2v) is 5.14. The van der Waals surface area contributed by atoms with E-state index in [2.05, 4.69) is 21.2 Å². The van der Waals surface area contributed by atoms with Crippen LogP contribution in [0.3, 0.4) is 0 Å². The number of hydrogen-bond acceptors (Lipinski definition) is 3. The molecule has 0 heterocycles. The van der Waals surface area contributed by atoms with Gasteiger partial charge in [-0.25, -0.2) is 0 Å². The predicted octanol–water partition coefficient (Wildman–Crippen LogP) is 3.64. The molecule has 0 radical (unpaired) electrons. The van der Waals surface area contributed by atoms with Gasteiger partial charge in [0.15, 0.2) is 0 Å². The smallest absolute Gasteiger partial charge is 0.256 e. The topological polar surface area (TPSA) is 75.3 Å². The van der Waals surface area contributed by atoms with Crippen LogP contribution in [0.5, 0.6) is 5.75 Å². The first-order valence-electron chi connectivity index (χ1n) is 5.32. The highest BCUT2D eigenvalue weighted by Gasteiger charge is 2.12. The zero-order valence-corrected chi connectivity index (χ0v) is 12.0. The third-order valence-corrected chi connectivity index (χ3v) is 3.38. The van der Waals surface area contributed by atoms with E-state index in [0.717, 1.165) is 0 Å². The van der Waals surface area contributed by atoms with E-state index >= 15 is 0 Å². The van der Waals surface area contributed by atoms with Crippen LogP contribution in [0.15, 0.2) is 40.9 Å². The lowest BCUT2D eigenvalue weighted by Crippen LogP contribution is -2.13. The van der Waals surface area contributed by atoms with Gasteiger partial charge in [0.2, 0.25) is 0 Å². The molecular formula is C13H10BrClN2O2. The number of nitrogens with one attached hydrogen (secondary N) is 1. The minimum Gasteiger partial charge on any atom is -0.508 e. The Kier molecular flexibility index (Phi) is 3.97. The quantitative estimate of drug-likeness (QED) is 0.576. The summed E-state index contributed by atoms with van der Waals surface area (Å²) < 4.78 is 0.631. The van der Waals surface area contributed by atoms with Gasteiger partial charge in [-0.3, -0.25) is 4.79 Å². The molecule has 0 fully saturated rings. The van der Waals surface area contributed by atoms with E-state index in [9.17, 15) is 9.90 Å². The molecule has 0 unspecified atom stereocenters. The number of phenols is 1. The van der Waals surface area contributed by atoms with Gasteiger partial charge in [0.05, 0.1) is 16.9 Å². The zero-order valence-electron chi connectivity index (χ0n) is 9.65. The summed E-state index contributed by atoms with van der Waals surface area (Å²) in [5, 5.41) is 12.4. The number of halogens is 2. The molecule has 2 aromatic rings. The number of aromatic hydroxyl groups is 1. The molecule has 0 spiro atoms. The number of hydrogen-bond donors (Lipinski definition) is 3. The fraction of sp³-hybridized carbons (Fsp3) is 0. The van der Waals surface area contributed by atoms with Gasteiger partial charge in [0.1, 0.15) is 5.75 Å². The molecule has 98 valence electrons. The second kappa shape index (κ2) is 5.50. The molecule has 0 saturated heterocycles. The van der Waals surface area contributed by atoms with Crippen molar-refractivity contribution in [1.82, 2.24) is 0 Å². The van der Waals surface area contributed by atoms with E-state index in [0.29, 0.717) is 20.7 Å². The molecule has 0 aliphatic rings. The number of amides is 1. The molecule has 6 heteroatoms. The molecule has 0 atom stereocenters. The fourth-order valence-corrected chi connectivity index (χ4v) is 2.12. The van der Waals surface area contributed by atoms with E-state index < -0.39 is 0 Å². The van der Waals surface area contributed by atoms with Gasteiger partial charge in [0.25, 0.3) is 5.91 Å². The molecular weight excluding hydrogens is 332 g/mol. The van der Waals surface area contributed by atoms with Crippen LogP contribution in [0.25, 0.3) is 0 Å². The molecule has 4 nitrogen and oxygen atoms in total. The van der Waals surface area contributed by atoms with Crippen molar-refractivity contribution in [2.24, 2.45) is 0 Å². The Bertz CT molecular complexity index is 647. The van der Waals surface area contributed by atoms with Gasteiger partial charge < -0.3 is 16.2 Å². The van der Waals surface area contributed by atoms with Crippen molar-refractivity contribution in [1.29, 1.82) is 0 Å². The normalized spacial score (nSPS) is 10.2. The number of benzene rings is 2. The number of nitrogens with two attached hydrogens (primary N) is 1. The van der Waals surface area contributed by atoms with Crippen LogP contribution in [0.1, 0.15) is 10.4 Å². The van der Waals surface area contributed by atoms with E-state index in [4.69, 9.17) is 17.3 Å². The van der Waals surface area contributed by atoms with Crippen LogP contribution in [-0.2, 0) is 0 Å². The lowest BCUT2D eigenvalue weighted by atomic mass is 10.2. The van der Waals surface area contributed by atoms with Crippen LogP contribution in [0.2, 0.25) is 5.02 Å². The monoisotopic (exact) mass is 340 g/mol.